The number of ketones is 1. The third-order valence-corrected chi connectivity index (χ3v) is 2.27. The maximum Gasteiger partial charge on any atom is 0.325 e. The Morgan fingerprint density at radius 1 is 1.21 bits per heavy atom. The summed E-state index contributed by atoms with van der Waals surface area (Å²) in [5.74, 6) is -1.98. The molecule has 0 aromatic heterocycles. The fourth-order valence-corrected chi connectivity index (χ4v) is 1.36. The highest BCUT2D eigenvalue weighted by Gasteiger charge is 2.18. The van der Waals surface area contributed by atoms with E-state index in [1.165, 1.54) is 24.3 Å². The Labute approximate surface area is 109 Å². The highest BCUT2D eigenvalue weighted by atomic mass is 16.5. The molecular weight excluding hydrogens is 252 g/mol. The van der Waals surface area contributed by atoms with E-state index in [0.717, 1.165) is 0 Å². The summed E-state index contributed by atoms with van der Waals surface area (Å²) in [6.45, 7) is -0.246. The molecule has 0 saturated carbocycles. The van der Waals surface area contributed by atoms with Crippen LogP contribution in [-0.2, 0) is 9.59 Å². The highest BCUT2D eigenvalue weighted by Crippen LogP contribution is 2.14. The summed E-state index contributed by atoms with van der Waals surface area (Å²) >= 11 is 0. The third-order valence-electron chi connectivity index (χ3n) is 2.27. The molecule has 7 heteroatoms. The molecule has 0 fully saturated rings. The predicted octanol–water partition coefficient (Wildman–Crippen LogP) is -0.465. The number of carbonyl (C=O) groups is 3. The van der Waals surface area contributed by atoms with Crippen molar-refractivity contribution in [1.82, 2.24) is 0 Å². The lowest BCUT2D eigenvalue weighted by molar-refractivity contribution is -0.137. The average molecular weight is 266 g/mol. The van der Waals surface area contributed by atoms with E-state index in [1.807, 2.05) is 0 Å². The lowest BCUT2D eigenvalue weighted by Gasteiger charge is -2.08. The number of aliphatic carboxylic acids is 1. The van der Waals surface area contributed by atoms with E-state index in [0.29, 0.717) is 0 Å². The van der Waals surface area contributed by atoms with Gasteiger partial charge in [0.1, 0.15) is 5.75 Å². The van der Waals surface area contributed by atoms with Gasteiger partial charge in [0.2, 0.25) is 0 Å². The van der Waals surface area contributed by atoms with Gasteiger partial charge in [-0.3, -0.25) is 14.4 Å². The van der Waals surface area contributed by atoms with Gasteiger partial charge in [-0.1, -0.05) is 0 Å². The first-order valence-electron chi connectivity index (χ1n) is 5.46. The second-order valence-electron chi connectivity index (χ2n) is 3.77. The van der Waals surface area contributed by atoms with Crippen LogP contribution in [0.15, 0.2) is 24.3 Å². The number of hydrogen-bond donors (Lipinski definition) is 3. The molecule has 102 valence electrons. The summed E-state index contributed by atoms with van der Waals surface area (Å²) in [4.78, 5) is 33.1. The summed E-state index contributed by atoms with van der Waals surface area (Å²) in [7, 11) is 0. The number of hydrogen-bond acceptors (Lipinski definition) is 6. The van der Waals surface area contributed by atoms with Crippen LogP contribution in [0, 0.1) is 0 Å². The largest absolute Gasteiger partial charge is 0.481 e. The van der Waals surface area contributed by atoms with Crippen molar-refractivity contribution in [2.75, 3.05) is 6.54 Å². The molecule has 0 bridgehead atoms. The minimum atomic E-state index is -1.14. The van der Waals surface area contributed by atoms with Crippen molar-refractivity contribution >= 4 is 17.7 Å². The zero-order valence-corrected chi connectivity index (χ0v) is 10.0. The van der Waals surface area contributed by atoms with Gasteiger partial charge in [-0.15, -0.1) is 0 Å². The maximum atomic E-state index is 11.8. The molecule has 1 atom stereocenters. The molecule has 0 aliphatic rings. The molecule has 1 aromatic rings. The summed E-state index contributed by atoms with van der Waals surface area (Å²) in [6, 6.07) is 4.53. The Kier molecular flexibility index (Phi) is 5.16. The number of nitrogens with two attached hydrogens (primary N) is 2. The summed E-state index contributed by atoms with van der Waals surface area (Å²) in [5, 5.41) is 8.55. The van der Waals surface area contributed by atoms with Crippen molar-refractivity contribution in [1.29, 1.82) is 0 Å². The fraction of sp³-hybridized carbons (Fsp3) is 0.250. The Bertz CT molecular complexity index is 483. The van der Waals surface area contributed by atoms with E-state index in [-0.39, 0.29) is 17.9 Å². The third kappa shape index (κ3) is 4.49. The topological polar surface area (TPSA) is 133 Å². The monoisotopic (exact) mass is 266 g/mol. The van der Waals surface area contributed by atoms with Gasteiger partial charge >= 0.3 is 11.9 Å². The molecule has 0 saturated heterocycles. The molecule has 1 aromatic carbocycles. The second-order valence-corrected chi connectivity index (χ2v) is 3.77. The number of benzene rings is 1. The number of carbonyl (C=O) groups excluding carboxylic acids is 2. The van der Waals surface area contributed by atoms with Gasteiger partial charge in [0.25, 0.3) is 0 Å². The van der Waals surface area contributed by atoms with Gasteiger partial charge in [-0.05, 0) is 24.3 Å². The smallest absolute Gasteiger partial charge is 0.325 e. The first-order chi connectivity index (χ1) is 8.93. The zero-order chi connectivity index (χ0) is 14.4. The van der Waals surface area contributed by atoms with E-state index in [2.05, 4.69) is 0 Å². The Balaban J connectivity index is 2.73. The van der Waals surface area contributed by atoms with Crippen LogP contribution in [0.3, 0.4) is 0 Å². The van der Waals surface area contributed by atoms with E-state index < -0.39 is 30.2 Å². The first kappa shape index (κ1) is 14.8. The molecule has 0 unspecified atom stereocenters. The molecule has 0 radical (unpaired) electrons. The van der Waals surface area contributed by atoms with Gasteiger partial charge < -0.3 is 21.3 Å². The minimum Gasteiger partial charge on any atom is -0.481 e. The molecule has 0 aliphatic heterocycles. The Hall–Kier alpha value is -2.25. The molecule has 5 N–H and O–H groups in total. The van der Waals surface area contributed by atoms with Gasteiger partial charge in [0, 0.05) is 5.56 Å². The highest BCUT2D eigenvalue weighted by molar-refractivity contribution is 6.01. The molecule has 0 heterocycles. The Morgan fingerprint density at radius 2 is 1.79 bits per heavy atom. The van der Waals surface area contributed by atoms with Crippen LogP contribution in [0.2, 0.25) is 0 Å². The normalized spacial score (nSPS) is 11.7. The average Bonchev–Trinajstić information content (AvgIpc) is 2.37. The second kappa shape index (κ2) is 6.62. The molecule has 7 nitrogen and oxygen atoms in total. The van der Waals surface area contributed by atoms with Crippen LogP contribution >= 0.6 is 0 Å². The van der Waals surface area contributed by atoms with E-state index in [9.17, 15) is 14.4 Å². The van der Waals surface area contributed by atoms with Crippen LogP contribution in [-0.4, -0.2) is 35.4 Å². The number of carboxylic acid groups (broad SMARTS) is 1. The molecule has 0 amide bonds. The van der Waals surface area contributed by atoms with E-state index in [1.54, 1.807) is 0 Å². The predicted molar refractivity (Wildman–Crippen MR) is 65.7 cm³/mol. The van der Waals surface area contributed by atoms with E-state index in [4.69, 9.17) is 21.3 Å². The molecular formula is C12H14N2O5. The van der Waals surface area contributed by atoms with Crippen molar-refractivity contribution in [3.63, 3.8) is 0 Å². The first-order valence-corrected chi connectivity index (χ1v) is 5.46. The van der Waals surface area contributed by atoms with Gasteiger partial charge in [0.15, 0.2) is 5.78 Å². The summed E-state index contributed by atoms with van der Waals surface area (Å²) in [6.07, 6.45) is -0.442. The SMILES string of the molecule is NCC(=O)Oc1ccc(C(=O)[C@H](N)CC(=O)O)cc1. The zero-order valence-electron chi connectivity index (χ0n) is 10.0. The van der Waals surface area contributed by atoms with Crippen molar-refractivity contribution in [3.8, 4) is 5.75 Å². The quantitative estimate of drug-likeness (QED) is 0.360. The molecule has 1 rings (SSSR count). The van der Waals surface area contributed by atoms with Gasteiger partial charge in [-0.2, -0.15) is 0 Å². The summed E-state index contributed by atoms with van der Waals surface area (Å²) in [5.41, 5.74) is 10.8. The van der Waals surface area contributed by atoms with Crippen molar-refractivity contribution < 1.29 is 24.2 Å². The molecule has 0 spiro atoms. The van der Waals surface area contributed by atoms with Gasteiger partial charge in [0.05, 0.1) is 19.0 Å². The number of rotatable bonds is 6. The summed E-state index contributed by atoms with van der Waals surface area (Å²) < 4.78 is 4.82. The number of ether oxygens (including phenoxy) is 1. The lowest BCUT2D eigenvalue weighted by atomic mass is 10.0. The number of carboxylic acids is 1. The van der Waals surface area contributed by atoms with Crippen molar-refractivity contribution in [2.24, 2.45) is 11.5 Å². The standard InChI is InChI=1S/C12H14N2O5/c13-6-11(17)19-8-3-1-7(2-4-8)12(18)9(14)5-10(15)16/h1-4,9H,5-6,13-14H2,(H,15,16)/t9-/m1/s1. The Morgan fingerprint density at radius 3 is 2.26 bits per heavy atom. The fourth-order valence-electron chi connectivity index (χ4n) is 1.36. The number of esters is 1. The lowest BCUT2D eigenvalue weighted by Crippen LogP contribution is -2.32. The molecule has 19 heavy (non-hydrogen) atoms. The number of Topliss-reactive ketones (excluding diaryl/α,β-unsaturated/α-hetero) is 1. The van der Waals surface area contributed by atoms with Crippen LogP contribution in [0.25, 0.3) is 0 Å². The van der Waals surface area contributed by atoms with Crippen LogP contribution in [0.4, 0.5) is 0 Å². The van der Waals surface area contributed by atoms with Crippen LogP contribution in [0.1, 0.15) is 16.8 Å². The van der Waals surface area contributed by atoms with Crippen molar-refractivity contribution in [3.05, 3.63) is 29.8 Å². The minimum absolute atomic E-state index is 0.246. The van der Waals surface area contributed by atoms with Crippen molar-refractivity contribution in [2.45, 2.75) is 12.5 Å². The van der Waals surface area contributed by atoms with E-state index >= 15 is 0 Å². The van der Waals surface area contributed by atoms with Crippen LogP contribution in [0.5, 0.6) is 5.75 Å². The molecule has 0 aliphatic carbocycles. The maximum absolute atomic E-state index is 11.8. The van der Waals surface area contributed by atoms with Crippen LogP contribution < -0.4 is 16.2 Å². The van der Waals surface area contributed by atoms with Gasteiger partial charge in [-0.25, -0.2) is 0 Å².